The zero-order valence-corrected chi connectivity index (χ0v) is 9.78. The van der Waals surface area contributed by atoms with E-state index in [0.717, 1.165) is 5.39 Å². The SMILES string of the molecule is O=C(COCC(F)(F)F)c1cccc2cccnc12. The summed E-state index contributed by atoms with van der Waals surface area (Å²) in [5, 5.41) is 0.754. The van der Waals surface area contributed by atoms with Crippen LogP contribution in [0.25, 0.3) is 10.9 Å². The van der Waals surface area contributed by atoms with Crippen molar-refractivity contribution < 1.29 is 22.7 Å². The van der Waals surface area contributed by atoms with Crippen LogP contribution in [0.5, 0.6) is 0 Å². The number of fused-ring (bicyclic) bond motifs is 1. The predicted molar refractivity (Wildman–Crippen MR) is 62.9 cm³/mol. The van der Waals surface area contributed by atoms with Crippen molar-refractivity contribution in [2.45, 2.75) is 6.18 Å². The highest BCUT2D eigenvalue weighted by molar-refractivity contribution is 6.07. The number of carbonyl (C=O) groups is 1. The van der Waals surface area contributed by atoms with Crippen LogP contribution in [0.2, 0.25) is 0 Å². The number of hydrogen-bond donors (Lipinski definition) is 0. The quantitative estimate of drug-likeness (QED) is 0.801. The third kappa shape index (κ3) is 3.51. The molecule has 0 aliphatic rings. The first-order valence-corrected chi connectivity index (χ1v) is 5.49. The first-order valence-electron chi connectivity index (χ1n) is 5.49. The van der Waals surface area contributed by atoms with Crippen LogP contribution in [-0.4, -0.2) is 30.2 Å². The van der Waals surface area contributed by atoms with E-state index in [9.17, 15) is 18.0 Å². The molecule has 1 aromatic heterocycles. The number of pyridine rings is 1. The van der Waals surface area contributed by atoms with Gasteiger partial charge >= 0.3 is 6.18 Å². The van der Waals surface area contributed by atoms with Crippen molar-refractivity contribution in [3.63, 3.8) is 0 Å². The van der Waals surface area contributed by atoms with Crippen LogP contribution >= 0.6 is 0 Å². The number of rotatable bonds is 4. The van der Waals surface area contributed by atoms with E-state index < -0.39 is 25.2 Å². The molecule has 0 saturated heterocycles. The van der Waals surface area contributed by atoms with E-state index in [0.29, 0.717) is 5.52 Å². The van der Waals surface area contributed by atoms with Gasteiger partial charge in [0.1, 0.15) is 13.2 Å². The Bertz CT molecular complexity index is 590. The molecule has 1 aromatic carbocycles. The van der Waals surface area contributed by atoms with E-state index in [1.54, 1.807) is 24.3 Å². The van der Waals surface area contributed by atoms with Gasteiger partial charge < -0.3 is 4.74 Å². The first-order chi connectivity index (χ1) is 8.97. The Morgan fingerprint density at radius 2 is 1.95 bits per heavy atom. The zero-order chi connectivity index (χ0) is 13.9. The number of ether oxygens (including phenoxy) is 1. The lowest BCUT2D eigenvalue weighted by atomic mass is 10.1. The maximum Gasteiger partial charge on any atom is 0.411 e. The van der Waals surface area contributed by atoms with Gasteiger partial charge in [0.15, 0.2) is 5.78 Å². The highest BCUT2D eigenvalue weighted by atomic mass is 19.4. The van der Waals surface area contributed by atoms with Crippen molar-refractivity contribution in [3.8, 4) is 0 Å². The zero-order valence-electron chi connectivity index (χ0n) is 9.78. The number of aromatic nitrogens is 1. The number of para-hydroxylation sites is 1. The summed E-state index contributed by atoms with van der Waals surface area (Å²) >= 11 is 0. The Hall–Kier alpha value is -1.95. The molecule has 0 spiro atoms. The summed E-state index contributed by atoms with van der Waals surface area (Å²) in [4.78, 5) is 15.9. The molecule has 0 fully saturated rings. The Morgan fingerprint density at radius 3 is 2.68 bits per heavy atom. The molecule has 0 atom stereocenters. The summed E-state index contributed by atoms with van der Waals surface area (Å²) in [5.74, 6) is -0.520. The average Bonchev–Trinajstić information content (AvgIpc) is 2.36. The van der Waals surface area contributed by atoms with Gasteiger partial charge in [-0.15, -0.1) is 0 Å². The molecule has 0 aliphatic heterocycles. The molecular formula is C13H10F3NO2. The number of benzene rings is 1. The second-order valence-corrected chi connectivity index (χ2v) is 3.91. The minimum Gasteiger partial charge on any atom is -0.364 e. The molecule has 100 valence electrons. The smallest absolute Gasteiger partial charge is 0.364 e. The Labute approximate surface area is 107 Å². The molecule has 0 saturated carbocycles. The molecule has 19 heavy (non-hydrogen) atoms. The summed E-state index contributed by atoms with van der Waals surface area (Å²) in [6.45, 7) is -2.05. The molecule has 0 bridgehead atoms. The molecular weight excluding hydrogens is 259 g/mol. The van der Waals surface area contributed by atoms with E-state index in [4.69, 9.17) is 0 Å². The van der Waals surface area contributed by atoms with Crippen LogP contribution in [0.3, 0.4) is 0 Å². The van der Waals surface area contributed by atoms with Crippen molar-refractivity contribution in [3.05, 3.63) is 42.1 Å². The topological polar surface area (TPSA) is 39.2 Å². The average molecular weight is 269 g/mol. The van der Waals surface area contributed by atoms with Crippen LogP contribution < -0.4 is 0 Å². The standard InChI is InChI=1S/C13H10F3NO2/c14-13(15,16)8-19-7-11(18)10-5-1-3-9-4-2-6-17-12(9)10/h1-6H,7-8H2. The fourth-order valence-corrected chi connectivity index (χ4v) is 1.67. The van der Waals surface area contributed by atoms with Gasteiger partial charge in [-0.2, -0.15) is 13.2 Å². The van der Waals surface area contributed by atoms with Gasteiger partial charge in [0.05, 0.1) is 5.52 Å². The molecule has 2 rings (SSSR count). The third-order valence-electron chi connectivity index (χ3n) is 2.43. The van der Waals surface area contributed by atoms with Crippen LogP contribution in [-0.2, 0) is 4.74 Å². The van der Waals surface area contributed by atoms with E-state index in [2.05, 4.69) is 9.72 Å². The van der Waals surface area contributed by atoms with Crippen molar-refractivity contribution in [1.82, 2.24) is 4.98 Å². The van der Waals surface area contributed by atoms with Gasteiger partial charge in [-0.3, -0.25) is 9.78 Å². The van der Waals surface area contributed by atoms with Crippen LogP contribution in [0.4, 0.5) is 13.2 Å². The minimum atomic E-state index is -4.43. The van der Waals surface area contributed by atoms with Gasteiger partial charge in [0.25, 0.3) is 0 Å². The van der Waals surface area contributed by atoms with Crippen LogP contribution in [0.1, 0.15) is 10.4 Å². The number of Topliss-reactive ketones (excluding diaryl/α,β-unsaturated/α-hetero) is 1. The van der Waals surface area contributed by atoms with Crippen molar-refractivity contribution in [1.29, 1.82) is 0 Å². The molecule has 2 aromatic rings. The van der Waals surface area contributed by atoms with E-state index in [1.165, 1.54) is 12.3 Å². The monoisotopic (exact) mass is 269 g/mol. The van der Waals surface area contributed by atoms with E-state index in [-0.39, 0.29) is 5.56 Å². The van der Waals surface area contributed by atoms with Crippen molar-refractivity contribution in [2.24, 2.45) is 0 Å². The Kier molecular flexibility index (Phi) is 3.80. The largest absolute Gasteiger partial charge is 0.411 e. The Morgan fingerprint density at radius 1 is 1.21 bits per heavy atom. The molecule has 1 heterocycles. The number of hydrogen-bond acceptors (Lipinski definition) is 3. The summed E-state index contributed by atoms with van der Waals surface area (Å²) < 4.78 is 40.1. The Balaban J connectivity index is 2.14. The first kappa shape index (κ1) is 13.5. The predicted octanol–water partition coefficient (Wildman–Crippen LogP) is 3.00. The van der Waals surface area contributed by atoms with Crippen LogP contribution in [0, 0.1) is 0 Å². The maximum atomic E-state index is 11.9. The normalized spacial score (nSPS) is 11.7. The molecule has 0 radical (unpaired) electrons. The highest BCUT2D eigenvalue weighted by Gasteiger charge is 2.28. The van der Waals surface area contributed by atoms with Gasteiger partial charge in [-0.1, -0.05) is 18.2 Å². The number of carbonyl (C=O) groups excluding carboxylic acids is 1. The lowest BCUT2D eigenvalue weighted by Gasteiger charge is -2.08. The molecule has 0 aliphatic carbocycles. The number of ketones is 1. The lowest BCUT2D eigenvalue weighted by Crippen LogP contribution is -2.20. The van der Waals surface area contributed by atoms with Crippen molar-refractivity contribution >= 4 is 16.7 Å². The molecule has 0 N–H and O–H groups in total. The lowest BCUT2D eigenvalue weighted by molar-refractivity contribution is -0.170. The second-order valence-electron chi connectivity index (χ2n) is 3.91. The number of nitrogens with zero attached hydrogens (tertiary/aromatic N) is 1. The fourth-order valence-electron chi connectivity index (χ4n) is 1.67. The molecule has 3 nitrogen and oxygen atoms in total. The molecule has 0 amide bonds. The number of halogens is 3. The molecule has 0 unspecified atom stereocenters. The van der Waals surface area contributed by atoms with Gasteiger partial charge in [-0.05, 0) is 12.1 Å². The van der Waals surface area contributed by atoms with Gasteiger partial charge in [0.2, 0.25) is 0 Å². The summed E-state index contributed by atoms with van der Waals surface area (Å²) in [7, 11) is 0. The number of alkyl halides is 3. The van der Waals surface area contributed by atoms with Crippen LogP contribution in [0.15, 0.2) is 36.5 Å². The van der Waals surface area contributed by atoms with E-state index in [1.807, 2.05) is 0 Å². The summed E-state index contributed by atoms with van der Waals surface area (Å²) in [5.41, 5.74) is 0.728. The van der Waals surface area contributed by atoms with Crippen molar-refractivity contribution in [2.75, 3.05) is 13.2 Å². The van der Waals surface area contributed by atoms with Gasteiger partial charge in [-0.25, -0.2) is 0 Å². The second kappa shape index (κ2) is 5.36. The molecule has 6 heteroatoms. The fraction of sp³-hybridized carbons (Fsp3) is 0.231. The summed E-state index contributed by atoms with van der Waals surface area (Å²) in [6, 6.07) is 8.44. The van der Waals surface area contributed by atoms with Gasteiger partial charge in [0, 0.05) is 17.1 Å². The minimum absolute atomic E-state index is 0.264. The highest BCUT2D eigenvalue weighted by Crippen LogP contribution is 2.18. The summed E-state index contributed by atoms with van der Waals surface area (Å²) in [6.07, 6.45) is -2.91. The third-order valence-corrected chi connectivity index (χ3v) is 2.43. The maximum absolute atomic E-state index is 11.9. The van der Waals surface area contributed by atoms with E-state index >= 15 is 0 Å².